The Bertz CT molecular complexity index is 607. The number of nitrogens with one attached hydrogen (secondary N) is 2. The molecule has 0 saturated carbocycles. The molecule has 0 aliphatic rings. The summed E-state index contributed by atoms with van der Waals surface area (Å²) in [6.07, 6.45) is 0.703. The van der Waals surface area contributed by atoms with Gasteiger partial charge < -0.3 is 10.1 Å². The minimum absolute atomic E-state index is 0.130. The molecule has 1 aromatic heterocycles. The smallest absolute Gasteiger partial charge is 0.295 e. The Balaban J connectivity index is 2.09. The van der Waals surface area contributed by atoms with E-state index in [1.165, 1.54) is 0 Å². The number of aromatic amines is 1. The Labute approximate surface area is 123 Å². The first-order valence-corrected chi connectivity index (χ1v) is 7.04. The van der Waals surface area contributed by atoms with Crippen molar-refractivity contribution < 1.29 is 9.53 Å². The molecule has 0 spiro atoms. The number of rotatable bonds is 6. The van der Waals surface area contributed by atoms with E-state index in [2.05, 4.69) is 34.3 Å². The lowest BCUT2D eigenvalue weighted by Crippen LogP contribution is -2.15. The van der Waals surface area contributed by atoms with Crippen molar-refractivity contribution >= 4 is 11.6 Å². The van der Waals surface area contributed by atoms with Crippen LogP contribution in [0.4, 0.5) is 5.69 Å². The van der Waals surface area contributed by atoms with Crippen LogP contribution in [-0.4, -0.2) is 27.7 Å². The van der Waals surface area contributed by atoms with E-state index in [9.17, 15) is 4.79 Å². The summed E-state index contributed by atoms with van der Waals surface area (Å²) in [5.74, 6) is 1.52. The quantitative estimate of drug-likeness (QED) is 0.856. The van der Waals surface area contributed by atoms with E-state index in [0.717, 1.165) is 0 Å². The molecule has 0 bridgehead atoms. The van der Waals surface area contributed by atoms with Crippen LogP contribution in [0.2, 0.25) is 0 Å². The van der Waals surface area contributed by atoms with Gasteiger partial charge in [0.1, 0.15) is 11.6 Å². The molecule has 0 radical (unpaired) electrons. The van der Waals surface area contributed by atoms with Gasteiger partial charge in [-0.25, -0.2) is 4.98 Å². The molecule has 0 aliphatic heterocycles. The summed E-state index contributed by atoms with van der Waals surface area (Å²) in [5, 5.41) is 9.40. The van der Waals surface area contributed by atoms with Crippen molar-refractivity contribution in [1.29, 1.82) is 0 Å². The molecule has 1 heterocycles. The first-order valence-electron chi connectivity index (χ1n) is 7.04. The molecule has 6 nitrogen and oxygen atoms in total. The predicted octanol–water partition coefficient (Wildman–Crippen LogP) is 2.65. The van der Waals surface area contributed by atoms with Crippen LogP contribution in [0, 0.1) is 5.92 Å². The zero-order valence-corrected chi connectivity index (χ0v) is 12.5. The fraction of sp³-hybridized carbons (Fsp3) is 0.400. The molecule has 0 fully saturated rings. The Morgan fingerprint density at radius 2 is 2.14 bits per heavy atom. The summed E-state index contributed by atoms with van der Waals surface area (Å²) >= 11 is 0. The number of anilines is 1. The summed E-state index contributed by atoms with van der Waals surface area (Å²) in [5.41, 5.74) is 0.617. The van der Waals surface area contributed by atoms with Gasteiger partial charge >= 0.3 is 0 Å². The van der Waals surface area contributed by atoms with Crippen LogP contribution >= 0.6 is 0 Å². The Kier molecular flexibility index (Phi) is 4.92. The molecular weight excluding hydrogens is 268 g/mol. The molecule has 1 aromatic carbocycles. The van der Waals surface area contributed by atoms with Crippen molar-refractivity contribution in [2.75, 3.05) is 11.9 Å². The van der Waals surface area contributed by atoms with Gasteiger partial charge in [-0.2, -0.15) is 0 Å². The third kappa shape index (κ3) is 4.05. The number of ether oxygens (including phenoxy) is 1. The molecule has 6 heteroatoms. The van der Waals surface area contributed by atoms with Gasteiger partial charge in [-0.3, -0.25) is 9.89 Å². The number of para-hydroxylation sites is 2. The standard InChI is InChI=1S/C15H20N4O2/c1-4-13-17-14(19-18-13)15(20)16-11-7-5-6-8-12(11)21-9-10(2)3/h5-8,10H,4,9H2,1-3H3,(H,16,20)(H,17,18,19). The van der Waals surface area contributed by atoms with Crippen molar-refractivity contribution in [1.82, 2.24) is 15.2 Å². The molecule has 2 rings (SSSR count). The van der Waals surface area contributed by atoms with Crippen molar-refractivity contribution in [3.8, 4) is 5.75 Å². The lowest BCUT2D eigenvalue weighted by molar-refractivity contribution is 0.101. The number of amides is 1. The van der Waals surface area contributed by atoms with Crippen LogP contribution in [0.25, 0.3) is 0 Å². The lowest BCUT2D eigenvalue weighted by atomic mass is 10.2. The van der Waals surface area contributed by atoms with Gasteiger partial charge in [0, 0.05) is 6.42 Å². The van der Waals surface area contributed by atoms with Gasteiger partial charge in [0.2, 0.25) is 5.82 Å². The summed E-state index contributed by atoms with van der Waals surface area (Å²) in [6.45, 7) is 6.67. The summed E-state index contributed by atoms with van der Waals surface area (Å²) < 4.78 is 5.70. The number of aryl methyl sites for hydroxylation is 1. The second kappa shape index (κ2) is 6.88. The van der Waals surface area contributed by atoms with E-state index in [4.69, 9.17) is 4.74 Å². The second-order valence-corrected chi connectivity index (χ2v) is 5.11. The molecule has 2 N–H and O–H groups in total. The fourth-order valence-corrected chi connectivity index (χ4v) is 1.69. The number of hydrogen-bond acceptors (Lipinski definition) is 4. The minimum Gasteiger partial charge on any atom is -0.491 e. The van der Waals surface area contributed by atoms with Crippen LogP contribution in [0.15, 0.2) is 24.3 Å². The SMILES string of the molecule is CCc1nc(C(=O)Nc2ccccc2OCC(C)C)n[nH]1. The number of hydrogen-bond donors (Lipinski definition) is 2. The number of carbonyl (C=O) groups excluding carboxylic acids is 1. The highest BCUT2D eigenvalue weighted by atomic mass is 16.5. The number of benzene rings is 1. The van der Waals surface area contributed by atoms with Crippen molar-refractivity contribution in [3.63, 3.8) is 0 Å². The van der Waals surface area contributed by atoms with Crippen LogP contribution < -0.4 is 10.1 Å². The van der Waals surface area contributed by atoms with Crippen molar-refractivity contribution in [3.05, 3.63) is 35.9 Å². The maximum Gasteiger partial charge on any atom is 0.295 e. The molecular formula is C15H20N4O2. The monoisotopic (exact) mass is 288 g/mol. The van der Waals surface area contributed by atoms with Gasteiger partial charge in [0.25, 0.3) is 5.91 Å². The van der Waals surface area contributed by atoms with Gasteiger partial charge in [0.05, 0.1) is 12.3 Å². The Morgan fingerprint density at radius 1 is 1.38 bits per heavy atom. The van der Waals surface area contributed by atoms with E-state index in [1.807, 2.05) is 25.1 Å². The molecule has 0 atom stereocenters. The molecule has 0 saturated heterocycles. The van der Waals surface area contributed by atoms with Crippen molar-refractivity contribution in [2.45, 2.75) is 27.2 Å². The minimum atomic E-state index is -0.355. The van der Waals surface area contributed by atoms with E-state index in [-0.39, 0.29) is 11.7 Å². The zero-order chi connectivity index (χ0) is 15.2. The average Bonchev–Trinajstić information content (AvgIpc) is 2.95. The van der Waals surface area contributed by atoms with Gasteiger partial charge in [-0.15, -0.1) is 5.10 Å². The van der Waals surface area contributed by atoms with Gasteiger partial charge in [-0.1, -0.05) is 32.9 Å². The first kappa shape index (κ1) is 15.0. The average molecular weight is 288 g/mol. The molecule has 0 unspecified atom stereocenters. The van der Waals surface area contributed by atoms with E-state index in [0.29, 0.717) is 36.2 Å². The zero-order valence-electron chi connectivity index (χ0n) is 12.5. The van der Waals surface area contributed by atoms with Crippen LogP contribution in [0.5, 0.6) is 5.75 Å². The molecule has 1 amide bonds. The first-order chi connectivity index (χ1) is 10.1. The third-order valence-electron chi connectivity index (χ3n) is 2.78. The number of carbonyl (C=O) groups is 1. The van der Waals surface area contributed by atoms with Gasteiger partial charge in [0.15, 0.2) is 0 Å². The highest BCUT2D eigenvalue weighted by molar-refractivity contribution is 6.02. The largest absolute Gasteiger partial charge is 0.491 e. The van der Waals surface area contributed by atoms with E-state index < -0.39 is 0 Å². The topological polar surface area (TPSA) is 79.9 Å². The Hall–Kier alpha value is -2.37. The highest BCUT2D eigenvalue weighted by Crippen LogP contribution is 2.24. The van der Waals surface area contributed by atoms with E-state index >= 15 is 0 Å². The number of H-pyrrole nitrogens is 1. The molecule has 0 aliphatic carbocycles. The van der Waals surface area contributed by atoms with Crippen LogP contribution in [-0.2, 0) is 6.42 Å². The highest BCUT2D eigenvalue weighted by Gasteiger charge is 2.14. The number of aromatic nitrogens is 3. The van der Waals surface area contributed by atoms with E-state index in [1.54, 1.807) is 6.07 Å². The predicted molar refractivity (Wildman–Crippen MR) is 80.5 cm³/mol. The fourth-order valence-electron chi connectivity index (χ4n) is 1.69. The molecule has 2 aromatic rings. The third-order valence-corrected chi connectivity index (χ3v) is 2.78. The summed E-state index contributed by atoms with van der Waals surface area (Å²) in [6, 6.07) is 7.33. The van der Waals surface area contributed by atoms with Crippen molar-refractivity contribution in [2.24, 2.45) is 5.92 Å². The maximum absolute atomic E-state index is 12.1. The Morgan fingerprint density at radius 3 is 2.81 bits per heavy atom. The van der Waals surface area contributed by atoms with Crippen LogP contribution in [0.3, 0.4) is 0 Å². The number of nitrogens with zero attached hydrogens (tertiary/aromatic N) is 2. The van der Waals surface area contributed by atoms with Gasteiger partial charge in [-0.05, 0) is 18.1 Å². The molecule has 112 valence electrons. The van der Waals surface area contributed by atoms with Crippen LogP contribution in [0.1, 0.15) is 37.2 Å². The second-order valence-electron chi connectivity index (χ2n) is 5.11. The maximum atomic E-state index is 12.1. The summed E-state index contributed by atoms with van der Waals surface area (Å²) in [4.78, 5) is 16.2. The summed E-state index contributed by atoms with van der Waals surface area (Å²) in [7, 11) is 0. The normalized spacial score (nSPS) is 10.7. The molecule has 21 heavy (non-hydrogen) atoms. The lowest BCUT2D eigenvalue weighted by Gasteiger charge is -2.13.